The number of halogens is 1. The molecule has 0 aromatic heterocycles. The standard InChI is InChI=1S/C16H18ClN/c1-12-3-5-13(6-4-12)16(11-18-2)14-7-9-15(17)10-8-14/h3-10,16,18H,11H2,1-2H3. The molecule has 0 saturated carbocycles. The number of nitrogens with one attached hydrogen (secondary N) is 1. The fourth-order valence-corrected chi connectivity index (χ4v) is 2.25. The molecule has 0 aliphatic rings. The minimum atomic E-state index is 0.368. The van der Waals surface area contributed by atoms with Crippen molar-refractivity contribution >= 4 is 11.6 Å². The predicted molar refractivity (Wildman–Crippen MR) is 78.4 cm³/mol. The number of benzene rings is 2. The van der Waals surface area contributed by atoms with Gasteiger partial charge in [-0.15, -0.1) is 0 Å². The number of aryl methyl sites for hydroxylation is 1. The van der Waals surface area contributed by atoms with Crippen LogP contribution in [0.1, 0.15) is 22.6 Å². The van der Waals surface area contributed by atoms with Crippen LogP contribution in [0.2, 0.25) is 5.02 Å². The Morgan fingerprint density at radius 3 is 1.94 bits per heavy atom. The third-order valence-corrected chi connectivity index (χ3v) is 3.41. The van der Waals surface area contributed by atoms with Crippen LogP contribution in [0.15, 0.2) is 48.5 Å². The Hall–Kier alpha value is -1.31. The Kier molecular flexibility index (Phi) is 4.40. The lowest BCUT2D eigenvalue weighted by Crippen LogP contribution is -2.18. The van der Waals surface area contributed by atoms with E-state index in [1.807, 2.05) is 19.2 Å². The number of hydrogen-bond donors (Lipinski definition) is 1. The summed E-state index contributed by atoms with van der Waals surface area (Å²) in [6, 6.07) is 16.8. The lowest BCUT2D eigenvalue weighted by atomic mass is 9.91. The van der Waals surface area contributed by atoms with Crippen LogP contribution in [-0.4, -0.2) is 13.6 Å². The maximum Gasteiger partial charge on any atom is 0.0406 e. The Balaban J connectivity index is 2.33. The van der Waals surface area contributed by atoms with Gasteiger partial charge >= 0.3 is 0 Å². The summed E-state index contributed by atoms with van der Waals surface area (Å²) in [5.41, 5.74) is 3.91. The minimum absolute atomic E-state index is 0.368. The van der Waals surface area contributed by atoms with Crippen molar-refractivity contribution in [3.8, 4) is 0 Å². The molecule has 0 saturated heterocycles. The summed E-state index contributed by atoms with van der Waals surface area (Å²) >= 11 is 5.94. The molecule has 0 aliphatic heterocycles. The van der Waals surface area contributed by atoms with E-state index in [1.54, 1.807) is 0 Å². The van der Waals surface area contributed by atoms with E-state index in [0.717, 1.165) is 11.6 Å². The quantitative estimate of drug-likeness (QED) is 0.875. The molecule has 1 atom stereocenters. The molecule has 0 radical (unpaired) electrons. The molecular weight excluding hydrogens is 242 g/mol. The molecule has 0 heterocycles. The van der Waals surface area contributed by atoms with Crippen molar-refractivity contribution in [3.05, 3.63) is 70.2 Å². The van der Waals surface area contributed by atoms with Crippen molar-refractivity contribution in [2.45, 2.75) is 12.8 Å². The first-order valence-corrected chi connectivity index (χ1v) is 6.55. The summed E-state index contributed by atoms with van der Waals surface area (Å²) in [7, 11) is 1.98. The number of likely N-dealkylation sites (N-methyl/N-ethyl adjacent to an activating group) is 1. The summed E-state index contributed by atoms with van der Waals surface area (Å²) in [4.78, 5) is 0. The Morgan fingerprint density at radius 2 is 1.44 bits per heavy atom. The van der Waals surface area contributed by atoms with Crippen molar-refractivity contribution in [3.63, 3.8) is 0 Å². The Labute approximate surface area is 114 Å². The molecule has 0 bridgehead atoms. The van der Waals surface area contributed by atoms with Gasteiger partial charge in [-0.2, -0.15) is 0 Å². The van der Waals surface area contributed by atoms with Crippen LogP contribution in [0.5, 0.6) is 0 Å². The van der Waals surface area contributed by atoms with Gasteiger partial charge in [0, 0.05) is 17.5 Å². The van der Waals surface area contributed by atoms with Crippen molar-refractivity contribution < 1.29 is 0 Å². The SMILES string of the molecule is CNCC(c1ccc(C)cc1)c1ccc(Cl)cc1. The van der Waals surface area contributed by atoms with Crippen molar-refractivity contribution in [2.24, 2.45) is 0 Å². The molecule has 94 valence electrons. The third-order valence-electron chi connectivity index (χ3n) is 3.16. The van der Waals surface area contributed by atoms with Crippen molar-refractivity contribution in [1.29, 1.82) is 0 Å². The highest BCUT2D eigenvalue weighted by Crippen LogP contribution is 2.25. The second-order valence-corrected chi connectivity index (χ2v) is 5.01. The van der Waals surface area contributed by atoms with E-state index in [4.69, 9.17) is 11.6 Å². The molecule has 0 aliphatic carbocycles. The zero-order chi connectivity index (χ0) is 13.0. The zero-order valence-electron chi connectivity index (χ0n) is 10.8. The van der Waals surface area contributed by atoms with E-state index >= 15 is 0 Å². The molecule has 0 fully saturated rings. The van der Waals surface area contributed by atoms with Crippen LogP contribution in [0.4, 0.5) is 0 Å². The highest BCUT2D eigenvalue weighted by atomic mass is 35.5. The van der Waals surface area contributed by atoms with Crippen LogP contribution in [0.3, 0.4) is 0 Å². The van der Waals surface area contributed by atoms with Crippen LogP contribution in [0, 0.1) is 6.92 Å². The fourth-order valence-electron chi connectivity index (χ4n) is 2.13. The summed E-state index contributed by atoms with van der Waals surface area (Å²) in [6.07, 6.45) is 0. The van der Waals surface area contributed by atoms with Crippen LogP contribution in [0.25, 0.3) is 0 Å². The van der Waals surface area contributed by atoms with Gasteiger partial charge in [-0.3, -0.25) is 0 Å². The average Bonchev–Trinajstić information content (AvgIpc) is 2.39. The summed E-state index contributed by atoms with van der Waals surface area (Å²) in [5.74, 6) is 0.368. The Bertz CT molecular complexity index is 442. The molecule has 1 N–H and O–H groups in total. The molecule has 1 unspecified atom stereocenters. The second kappa shape index (κ2) is 6.03. The largest absolute Gasteiger partial charge is 0.319 e. The van der Waals surface area contributed by atoms with Crippen LogP contribution >= 0.6 is 11.6 Å². The molecular formula is C16H18ClN. The molecule has 1 nitrogen and oxygen atoms in total. The maximum atomic E-state index is 5.94. The first-order chi connectivity index (χ1) is 8.70. The lowest BCUT2D eigenvalue weighted by Gasteiger charge is -2.18. The highest BCUT2D eigenvalue weighted by Gasteiger charge is 2.12. The zero-order valence-corrected chi connectivity index (χ0v) is 11.5. The third kappa shape index (κ3) is 3.12. The lowest BCUT2D eigenvalue weighted by molar-refractivity contribution is 0.708. The number of rotatable bonds is 4. The van der Waals surface area contributed by atoms with Gasteiger partial charge in [0.05, 0.1) is 0 Å². The normalized spacial score (nSPS) is 12.4. The van der Waals surface area contributed by atoms with Gasteiger partial charge in [-0.05, 0) is 37.2 Å². The summed E-state index contributed by atoms with van der Waals surface area (Å²) in [5, 5.41) is 4.04. The summed E-state index contributed by atoms with van der Waals surface area (Å²) < 4.78 is 0. The molecule has 0 spiro atoms. The molecule has 2 rings (SSSR count). The van der Waals surface area contributed by atoms with Gasteiger partial charge in [0.15, 0.2) is 0 Å². The topological polar surface area (TPSA) is 12.0 Å². The summed E-state index contributed by atoms with van der Waals surface area (Å²) in [6.45, 7) is 3.03. The average molecular weight is 260 g/mol. The van der Waals surface area contributed by atoms with Crippen molar-refractivity contribution in [2.75, 3.05) is 13.6 Å². The van der Waals surface area contributed by atoms with Gasteiger partial charge in [0.1, 0.15) is 0 Å². The Morgan fingerprint density at radius 1 is 0.944 bits per heavy atom. The van der Waals surface area contributed by atoms with Gasteiger partial charge in [0.25, 0.3) is 0 Å². The first-order valence-electron chi connectivity index (χ1n) is 6.17. The van der Waals surface area contributed by atoms with E-state index in [2.05, 4.69) is 48.6 Å². The molecule has 2 heteroatoms. The van der Waals surface area contributed by atoms with Crippen LogP contribution < -0.4 is 5.32 Å². The minimum Gasteiger partial charge on any atom is -0.319 e. The fraction of sp³-hybridized carbons (Fsp3) is 0.250. The monoisotopic (exact) mass is 259 g/mol. The van der Waals surface area contributed by atoms with Gasteiger partial charge < -0.3 is 5.32 Å². The highest BCUT2D eigenvalue weighted by molar-refractivity contribution is 6.30. The maximum absolute atomic E-state index is 5.94. The van der Waals surface area contributed by atoms with Gasteiger partial charge in [-0.1, -0.05) is 53.6 Å². The van der Waals surface area contributed by atoms with Crippen LogP contribution in [-0.2, 0) is 0 Å². The van der Waals surface area contributed by atoms with Crippen molar-refractivity contribution in [1.82, 2.24) is 5.32 Å². The van der Waals surface area contributed by atoms with Gasteiger partial charge in [-0.25, -0.2) is 0 Å². The number of hydrogen-bond acceptors (Lipinski definition) is 1. The van der Waals surface area contributed by atoms with E-state index in [0.29, 0.717) is 5.92 Å². The van der Waals surface area contributed by atoms with E-state index in [9.17, 15) is 0 Å². The molecule has 2 aromatic carbocycles. The molecule has 18 heavy (non-hydrogen) atoms. The predicted octanol–water partition coefficient (Wildman–Crippen LogP) is 4.00. The molecule has 0 amide bonds. The van der Waals surface area contributed by atoms with Gasteiger partial charge in [0.2, 0.25) is 0 Å². The van der Waals surface area contributed by atoms with E-state index in [-0.39, 0.29) is 0 Å². The van der Waals surface area contributed by atoms with E-state index in [1.165, 1.54) is 16.7 Å². The van der Waals surface area contributed by atoms with E-state index < -0.39 is 0 Å². The second-order valence-electron chi connectivity index (χ2n) is 4.57. The smallest absolute Gasteiger partial charge is 0.0406 e. The molecule has 2 aromatic rings. The first kappa shape index (κ1) is 13.1.